The number of fused-ring (bicyclic) bond motifs is 2. The molecule has 0 spiro atoms. The van der Waals surface area contributed by atoms with E-state index in [9.17, 15) is 39.0 Å². The van der Waals surface area contributed by atoms with Crippen molar-refractivity contribution in [3.8, 4) is 0 Å². The predicted molar refractivity (Wildman–Crippen MR) is 223 cm³/mol. The number of esters is 1. The molecule has 2 fully saturated rings. The van der Waals surface area contributed by atoms with Gasteiger partial charge in [0.15, 0.2) is 6.10 Å². The van der Waals surface area contributed by atoms with Crippen molar-refractivity contribution in [2.75, 3.05) is 20.8 Å². The lowest BCUT2D eigenvalue weighted by molar-refractivity contribution is -0.168. The van der Waals surface area contributed by atoms with Gasteiger partial charge in [-0.25, -0.2) is 4.79 Å². The number of piperidine rings is 1. The number of hydrogen-bond donors (Lipinski definition) is 6. The van der Waals surface area contributed by atoms with Gasteiger partial charge < -0.3 is 50.8 Å². The maximum absolute atomic E-state index is 15.1. The van der Waals surface area contributed by atoms with E-state index in [0.29, 0.717) is 17.5 Å². The maximum atomic E-state index is 15.1. The summed E-state index contributed by atoms with van der Waals surface area (Å²) in [5, 5.41) is 30.1. The van der Waals surface area contributed by atoms with E-state index in [1.54, 1.807) is 50.2 Å². The van der Waals surface area contributed by atoms with E-state index in [4.69, 9.17) is 9.47 Å². The molecule has 2 aliphatic rings. The van der Waals surface area contributed by atoms with Crippen molar-refractivity contribution in [3.63, 3.8) is 0 Å². The minimum absolute atomic E-state index is 0.0185. The van der Waals surface area contributed by atoms with E-state index in [2.05, 4.69) is 21.3 Å². The Balaban J connectivity index is 1.91. The van der Waals surface area contributed by atoms with Gasteiger partial charge in [0.2, 0.25) is 29.5 Å². The molecule has 0 unspecified atom stereocenters. The molecule has 2 heterocycles. The molecular weight excluding hydrogens is 789 g/mol. The van der Waals surface area contributed by atoms with E-state index in [1.807, 2.05) is 38.1 Å². The Morgan fingerprint density at radius 3 is 1.98 bits per heavy atom. The van der Waals surface area contributed by atoms with Crippen molar-refractivity contribution in [2.24, 2.45) is 11.8 Å². The molecule has 17 nitrogen and oxygen atoms in total. The van der Waals surface area contributed by atoms with E-state index in [1.165, 1.54) is 30.9 Å². The number of amides is 6. The van der Waals surface area contributed by atoms with Gasteiger partial charge in [-0.1, -0.05) is 94.8 Å². The van der Waals surface area contributed by atoms with Gasteiger partial charge >= 0.3 is 5.97 Å². The van der Waals surface area contributed by atoms with Gasteiger partial charge in [0.25, 0.3) is 5.91 Å². The summed E-state index contributed by atoms with van der Waals surface area (Å²) in [6.07, 6.45) is -3.40. The fraction of sp³-hybridized carbons (Fsp3) is 0.568. The lowest BCUT2D eigenvalue weighted by Gasteiger charge is -2.44. The number of nitrogens with zero attached hydrogens (tertiary/aromatic N) is 2. The average Bonchev–Trinajstić information content (AvgIpc) is 3.24. The molecule has 2 aromatic rings. The molecule has 4 rings (SSSR count). The molecule has 2 bridgehead atoms. The number of methoxy groups -OCH3 is 1. The molecule has 10 atom stereocenters. The first-order valence-electron chi connectivity index (χ1n) is 20.9. The molecule has 0 saturated carbocycles. The topological polar surface area (TPSA) is 233 Å². The highest BCUT2D eigenvalue weighted by Gasteiger charge is 2.46. The third kappa shape index (κ3) is 12.6. The van der Waals surface area contributed by atoms with Crippen molar-refractivity contribution in [1.29, 1.82) is 0 Å². The van der Waals surface area contributed by atoms with Gasteiger partial charge in [-0.2, -0.15) is 0 Å². The first kappa shape index (κ1) is 48.3. The number of carbonyl (C=O) groups is 7. The Labute approximate surface area is 357 Å². The van der Waals surface area contributed by atoms with Gasteiger partial charge in [-0.05, 0) is 49.1 Å². The number of aliphatic hydroxyl groups is 2. The van der Waals surface area contributed by atoms with Gasteiger partial charge in [0.1, 0.15) is 48.6 Å². The number of nitrogens with one attached hydrogen (secondary N) is 4. The summed E-state index contributed by atoms with van der Waals surface area (Å²) in [4.78, 5) is 102. The molecule has 6 N–H and O–H groups in total. The van der Waals surface area contributed by atoms with Crippen molar-refractivity contribution in [1.82, 2.24) is 31.1 Å². The normalized spacial score (nSPS) is 27.1. The molecular formula is C44H62N6O11. The summed E-state index contributed by atoms with van der Waals surface area (Å²) < 4.78 is 11.6. The molecule has 17 heteroatoms. The van der Waals surface area contributed by atoms with Gasteiger partial charge in [0, 0.05) is 27.0 Å². The first-order valence-corrected chi connectivity index (χ1v) is 20.9. The summed E-state index contributed by atoms with van der Waals surface area (Å²) in [6.45, 7) is 7.49. The molecule has 0 radical (unpaired) electrons. The quantitative estimate of drug-likeness (QED) is 0.162. The molecule has 6 amide bonds. The number of likely N-dealkylation sites (N-methyl/N-ethyl adjacent to an activating group) is 1. The van der Waals surface area contributed by atoms with Crippen molar-refractivity contribution >= 4 is 41.4 Å². The molecule has 0 aromatic heterocycles. The van der Waals surface area contributed by atoms with Gasteiger partial charge in [0.05, 0.1) is 6.61 Å². The van der Waals surface area contributed by atoms with Crippen LogP contribution in [-0.2, 0) is 55.9 Å². The second-order valence-electron chi connectivity index (χ2n) is 16.3. The minimum Gasteiger partial charge on any atom is -0.458 e. The number of ether oxygens (including phenoxy) is 2. The van der Waals surface area contributed by atoms with E-state index < -0.39 is 109 Å². The Morgan fingerprint density at radius 2 is 1.44 bits per heavy atom. The second kappa shape index (κ2) is 22.5. The zero-order valence-electron chi connectivity index (χ0n) is 36.0. The molecule has 2 aromatic carbocycles. The van der Waals surface area contributed by atoms with Crippen LogP contribution < -0.4 is 21.3 Å². The number of benzene rings is 2. The molecule has 0 aliphatic carbocycles. The molecule has 334 valence electrons. The molecule has 61 heavy (non-hydrogen) atoms. The SMILES string of the molecule is CC[C@H](C)[C@@H]1NC(=O)[C@H](Cc2ccccc2)N(C)C(=O)[C@H](Cc2ccccc2)N2C(=O)[C@H](CC[C@H]2OC)NC(=O)[C@H](CC(C)C)NC(=O)[C@@H](NC(=O)[C@H](O)CO)[C@@H](C)OC1=O. The summed E-state index contributed by atoms with van der Waals surface area (Å²) in [5.74, 6) is -6.40. The first-order chi connectivity index (χ1) is 29.0. The third-order valence-corrected chi connectivity index (χ3v) is 11.4. The van der Waals surface area contributed by atoms with Gasteiger partial charge in [-0.15, -0.1) is 0 Å². The second-order valence-corrected chi connectivity index (χ2v) is 16.3. The Bertz CT molecular complexity index is 1830. The lowest BCUT2D eigenvalue weighted by atomic mass is 9.94. The maximum Gasteiger partial charge on any atom is 0.329 e. The summed E-state index contributed by atoms with van der Waals surface area (Å²) in [5.41, 5.74) is 1.42. The van der Waals surface area contributed by atoms with E-state index in [0.717, 1.165) is 0 Å². The van der Waals surface area contributed by atoms with Crippen LogP contribution in [-0.4, -0.2) is 137 Å². The van der Waals surface area contributed by atoms with Crippen LogP contribution in [0.5, 0.6) is 0 Å². The average molecular weight is 851 g/mol. The van der Waals surface area contributed by atoms with Crippen molar-refractivity contribution in [3.05, 3.63) is 71.8 Å². The highest BCUT2D eigenvalue weighted by atomic mass is 16.5. The van der Waals surface area contributed by atoms with E-state index in [-0.39, 0.29) is 38.0 Å². The lowest BCUT2D eigenvalue weighted by Crippen LogP contribution is -2.65. The smallest absolute Gasteiger partial charge is 0.329 e. The zero-order valence-corrected chi connectivity index (χ0v) is 36.0. The van der Waals surface area contributed by atoms with Crippen LogP contribution in [0.15, 0.2) is 60.7 Å². The Hall–Kier alpha value is -5.39. The molecule has 2 saturated heterocycles. The highest BCUT2D eigenvalue weighted by Crippen LogP contribution is 2.27. The number of hydrogen-bond acceptors (Lipinski definition) is 11. The largest absolute Gasteiger partial charge is 0.458 e. The minimum atomic E-state index is -1.93. The summed E-state index contributed by atoms with van der Waals surface area (Å²) >= 11 is 0. The van der Waals surface area contributed by atoms with Crippen LogP contribution >= 0.6 is 0 Å². The standard InChI is InChI=1S/C44H62N6O11/c1-8-26(4)36-44(59)61-27(5)37(48-40(55)34(52)24-51)41(56)46-31(21-25(2)3)38(53)45-30-19-20-35(60-7)50(42(30)57)33(23-29-17-13-10-14-18-29)43(58)49(6)32(39(54)47-36)22-28-15-11-9-12-16-28/h9-18,25-27,30-37,51-52H,8,19-24H2,1-7H3,(H,45,53)(H,46,56)(H,47,54)(H,48,55)/t26-,27+,30-,31-,32-,33-,34+,35+,36-,37-/m0/s1. The van der Waals surface area contributed by atoms with Crippen molar-refractivity contribution < 1.29 is 53.2 Å². The Morgan fingerprint density at radius 1 is 0.852 bits per heavy atom. The zero-order chi connectivity index (χ0) is 45.0. The van der Waals surface area contributed by atoms with Crippen LogP contribution in [0.4, 0.5) is 0 Å². The highest BCUT2D eigenvalue weighted by molar-refractivity contribution is 5.98. The number of aliphatic hydroxyl groups excluding tert-OH is 2. The monoisotopic (exact) mass is 850 g/mol. The number of carbonyl (C=O) groups excluding carboxylic acids is 7. The van der Waals surface area contributed by atoms with Crippen LogP contribution in [0.25, 0.3) is 0 Å². The Kier molecular flexibility index (Phi) is 17.8. The fourth-order valence-corrected chi connectivity index (χ4v) is 7.60. The molecule has 2 aliphatic heterocycles. The predicted octanol–water partition coefficient (Wildman–Crippen LogP) is 0.592. The summed E-state index contributed by atoms with van der Waals surface area (Å²) in [7, 11) is 2.88. The van der Waals surface area contributed by atoms with Gasteiger partial charge in [-0.3, -0.25) is 28.8 Å². The number of cyclic esters (lactones) is 1. The summed E-state index contributed by atoms with van der Waals surface area (Å²) in [6, 6.07) is 10.2. The van der Waals surface area contributed by atoms with E-state index >= 15 is 4.79 Å². The number of rotatable bonds is 12. The van der Waals surface area contributed by atoms with Crippen molar-refractivity contribution in [2.45, 2.75) is 128 Å². The van der Waals surface area contributed by atoms with Crippen LogP contribution in [0, 0.1) is 11.8 Å². The third-order valence-electron chi connectivity index (χ3n) is 11.4. The van der Waals surface area contributed by atoms with Crippen LogP contribution in [0.1, 0.15) is 71.4 Å². The fourth-order valence-electron chi connectivity index (χ4n) is 7.60. The van der Waals surface area contributed by atoms with Crippen LogP contribution in [0.3, 0.4) is 0 Å². The van der Waals surface area contributed by atoms with Crippen LogP contribution in [0.2, 0.25) is 0 Å².